The van der Waals surface area contributed by atoms with Crippen molar-refractivity contribution < 1.29 is 14.3 Å². The van der Waals surface area contributed by atoms with Gasteiger partial charge in [0.2, 0.25) is 5.95 Å². The molecule has 0 saturated carbocycles. The van der Waals surface area contributed by atoms with Crippen LogP contribution in [0, 0.1) is 0 Å². The minimum Gasteiger partial charge on any atom is -0.463 e. The first-order chi connectivity index (χ1) is 15.2. The van der Waals surface area contributed by atoms with Crippen molar-refractivity contribution in [1.82, 2.24) is 29.4 Å². The maximum Gasteiger partial charge on any atom is 0.523 e. The van der Waals surface area contributed by atoms with E-state index in [-0.39, 0.29) is 17.0 Å². The van der Waals surface area contributed by atoms with Gasteiger partial charge in [0.05, 0.1) is 12.8 Å². The number of amides is 1. The van der Waals surface area contributed by atoms with Crippen molar-refractivity contribution in [3.05, 3.63) is 54.4 Å². The maximum absolute atomic E-state index is 12.6. The minimum absolute atomic E-state index is 0.0682. The number of quaternary nitrogens is 1. The molecule has 1 atom stereocenters. The predicted octanol–water partition coefficient (Wildman–Crippen LogP) is 3.90. The van der Waals surface area contributed by atoms with Crippen LogP contribution in [0.3, 0.4) is 0 Å². The van der Waals surface area contributed by atoms with E-state index in [1.54, 1.807) is 29.3 Å². The zero-order valence-electron chi connectivity index (χ0n) is 17.9. The molecule has 10 nitrogen and oxygen atoms in total. The molecular formula is C22H22N7O3+. The Labute approximate surface area is 183 Å². The number of rotatable bonds is 3. The first-order valence-corrected chi connectivity index (χ1v) is 10.1. The lowest BCUT2D eigenvalue weighted by molar-refractivity contribution is 0.132. The van der Waals surface area contributed by atoms with Crippen LogP contribution < -0.4 is 10.2 Å². The predicted molar refractivity (Wildman–Crippen MR) is 119 cm³/mol. The quantitative estimate of drug-likeness (QED) is 0.466. The fourth-order valence-corrected chi connectivity index (χ4v) is 4.28. The number of nitrogens with zero attached hydrogens (tertiary/aromatic N) is 6. The van der Waals surface area contributed by atoms with Crippen molar-refractivity contribution >= 4 is 34.5 Å². The first-order valence-electron chi connectivity index (χ1n) is 10.1. The van der Waals surface area contributed by atoms with Crippen LogP contribution in [-0.2, 0) is 6.54 Å². The first kappa shape index (κ1) is 19.9. The highest BCUT2D eigenvalue weighted by Crippen LogP contribution is 2.46. The molecule has 1 amide bonds. The summed E-state index contributed by atoms with van der Waals surface area (Å²) in [5.74, 6) is 0.578. The Balaban J connectivity index is 1.66. The Kier molecular flexibility index (Phi) is 4.18. The third-order valence-electron chi connectivity index (χ3n) is 5.79. The Morgan fingerprint density at radius 2 is 1.97 bits per heavy atom. The summed E-state index contributed by atoms with van der Waals surface area (Å²) in [6.07, 6.45) is 2.37. The molecule has 3 aromatic heterocycles. The molecule has 0 bridgehead atoms. The number of hydrogen-bond donors (Lipinski definition) is 2. The van der Waals surface area contributed by atoms with E-state index in [9.17, 15) is 9.90 Å². The van der Waals surface area contributed by atoms with Crippen LogP contribution in [0.5, 0.6) is 0 Å². The van der Waals surface area contributed by atoms with Gasteiger partial charge in [0, 0.05) is 17.2 Å². The zero-order valence-corrected chi connectivity index (χ0v) is 17.9. The molecule has 32 heavy (non-hydrogen) atoms. The number of allylic oxidation sites excluding steroid dienone is 1. The number of benzene rings is 1. The number of carboxylic acid groups (broad SMARTS) is 1. The molecule has 4 aromatic rings. The van der Waals surface area contributed by atoms with Crippen molar-refractivity contribution in [3.8, 4) is 11.5 Å². The lowest BCUT2D eigenvalue weighted by Gasteiger charge is -2.38. The third kappa shape index (κ3) is 2.73. The summed E-state index contributed by atoms with van der Waals surface area (Å²) in [5, 5.41) is 18.8. The van der Waals surface area contributed by atoms with Crippen LogP contribution in [0.1, 0.15) is 26.3 Å². The molecule has 3 N–H and O–H groups in total. The molecule has 0 radical (unpaired) electrons. The number of para-hydroxylation sites is 1. The van der Waals surface area contributed by atoms with Gasteiger partial charge in [0.15, 0.2) is 22.6 Å². The highest BCUT2D eigenvalue weighted by atomic mass is 16.4. The number of furan rings is 1. The number of anilines is 1. The van der Waals surface area contributed by atoms with E-state index in [0.29, 0.717) is 28.3 Å². The van der Waals surface area contributed by atoms with Crippen molar-refractivity contribution in [3.63, 3.8) is 0 Å². The largest absolute Gasteiger partial charge is 0.523 e. The van der Waals surface area contributed by atoms with Gasteiger partial charge in [0.1, 0.15) is 17.4 Å². The molecule has 1 unspecified atom stereocenters. The van der Waals surface area contributed by atoms with Crippen LogP contribution in [0.2, 0.25) is 0 Å². The second-order valence-corrected chi connectivity index (χ2v) is 8.67. The fourth-order valence-electron chi connectivity index (χ4n) is 4.28. The van der Waals surface area contributed by atoms with E-state index in [0.717, 1.165) is 11.1 Å². The minimum atomic E-state index is -0.949. The van der Waals surface area contributed by atoms with E-state index < -0.39 is 11.6 Å². The Bertz CT molecular complexity index is 1380. The average molecular weight is 432 g/mol. The Morgan fingerprint density at radius 1 is 1.19 bits per heavy atom. The summed E-state index contributed by atoms with van der Waals surface area (Å²) in [6.45, 7) is 5.99. The SMILES string of the molecule is CC(C)(C)[N+]1(C(=O)O)C=C(Cn2nnc3c(-c4ccco4)nc(N)nc32)c2ccccc21. The Hall–Kier alpha value is -4.05. The van der Waals surface area contributed by atoms with E-state index in [1.807, 2.05) is 45.0 Å². The summed E-state index contributed by atoms with van der Waals surface area (Å²) in [6, 6.07) is 11.0. The van der Waals surface area contributed by atoms with Gasteiger partial charge in [-0.3, -0.25) is 0 Å². The third-order valence-corrected chi connectivity index (χ3v) is 5.79. The molecule has 1 aromatic carbocycles. The fraction of sp³-hybridized carbons (Fsp3) is 0.227. The molecular weight excluding hydrogens is 410 g/mol. The van der Waals surface area contributed by atoms with Crippen LogP contribution in [-0.4, -0.2) is 41.7 Å². The summed E-state index contributed by atoms with van der Waals surface area (Å²) in [5.41, 5.74) is 9.05. The zero-order chi connectivity index (χ0) is 22.7. The topological polar surface area (TPSA) is 133 Å². The van der Waals surface area contributed by atoms with Gasteiger partial charge in [0.25, 0.3) is 0 Å². The molecule has 1 aliphatic heterocycles. The monoisotopic (exact) mass is 432 g/mol. The summed E-state index contributed by atoms with van der Waals surface area (Å²) >= 11 is 0. The van der Waals surface area contributed by atoms with Gasteiger partial charge in [-0.15, -0.1) is 5.10 Å². The van der Waals surface area contributed by atoms with E-state index >= 15 is 0 Å². The lowest BCUT2D eigenvalue weighted by Crippen LogP contribution is -2.60. The van der Waals surface area contributed by atoms with Crippen molar-refractivity contribution in [1.29, 1.82) is 0 Å². The second-order valence-electron chi connectivity index (χ2n) is 8.67. The molecule has 1 aliphatic rings. The number of aromatic nitrogens is 5. The van der Waals surface area contributed by atoms with Crippen LogP contribution in [0.25, 0.3) is 28.2 Å². The molecule has 4 heterocycles. The molecule has 5 rings (SSSR count). The van der Waals surface area contributed by atoms with Crippen molar-refractivity contribution in [2.24, 2.45) is 0 Å². The van der Waals surface area contributed by atoms with Gasteiger partial charge in [-0.1, -0.05) is 17.3 Å². The molecule has 162 valence electrons. The van der Waals surface area contributed by atoms with Gasteiger partial charge in [-0.25, -0.2) is 9.67 Å². The molecule has 0 aliphatic carbocycles. The molecule has 0 saturated heterocycles. The average Bonchev–Trinajstić information content (AvgIpc) is 3.46. The standard InChI is InChI=1S/C22H21N7O3/c1-22(2,3)29(21(30)31)12-13(14-7-4-5-8-15(14)29)11-28-19-18(26-27-28)17(24-20(23)25-19)16-9-6-10-32-16/h4-10,12H,11H2,1-3H3,(H2-,23,24,25,27,30,31)/p+1. The highest BCUT2D eigenvalue weighted by molar-refractivity contribution is 5.96. The number of nitrogens with two attached hydrogens (primary N) is 1. The summed E-state index contributed by atoms with van der Waals surface area (Å²) < 4.78 is 6.75. The van der Waals surface area contributed by atoms with Crippen LogP contribution in [0.4, 0.5) is 16.4 Å². The Morgan fingerprint density at radius 3 is 2.66 bits per heavy atom. The molecule has 10 heteroatoms. The van der Waals surface area contributed by atoms with Gasteiger partial charge < -0.3 is 15.3 Å². The van der Waals surface area contributed by atoms with Gasteiger partial charge in [-0.05, 0) is 39.0 Å². The van der Waals surface area contributed by atoms with E-state index in [4.69, 9.17) is 10.2 Å². The summed E-state index contributed by atoms with van der Waals surface area (Å²) in [7, 11) is 0. The smallest absolute Gasteiger partial charge is 0.463 e. The van der Waals surface area contributed by atoms with E-state index in [2.05, 4.69) is 20.3 Å². The maximum atomic E-state index is 12.6. The van der Waals surface area contributed by atoms with Gasteiger partial charge in [-0.2, -0.15) is 14.3 Å². The highest BCUT2D eigenvalue weighted by Gasteiger charge is 2.54. The van der Waals surface area contributed by atoms with E-state index in [1.165, 1.54) is 0 Å². The van der Waals surface area contributed by atoms with Crippen LogP contribution >= 0.6 is 0 Å². The van der Waals surface area contributed by atoms with Crippen molar-refractivity contribution in [2.45, 2.75) is 32.9 Å². The second kappa shape index (κ2) is 6.72. The normalized spacial score (nSPS) is 18.0. The number of hydrogen-bond acceptors (Lipinski definition) is 7. The number of carbonyl (C=O) groups is 1. The van der Waals surface area contributed by atoms with Crippen LogP contribution in [0.15, 0.2) is 53.3 Å². The number of fused-ring (bicyclic) bond motifs is 2. The van der Waals surface area contributed by atoms with Crippen molar-refractivity contribution in [2.75, 3.05) is 5.73 Å². The summed E-state index contributed by atoms with van der Waals surface area (Å²) in [4.78, 5) is 21.2. The number of nitrogen functional groups attached to an aromatic ring is 1. The molecule has 0 fully saturated rings. The lowest BCUT2D eigenvalue weighted by atomic mass is 10.0. The van der Waals surface area contributed by atoms with Gasteiger partial charge >= 0.3 is 6.09 Å². The molecule has 0 spiro atoms.